The first-order valence-electron chi connectivity index (χ1n) is 10.6. The van der Waals surface area contributed by atoms with E-state index in [1.807, 2.05) is 6.08 Å². The Labute approximate surface area is 186 Å². The second kappa shape index (κ2) is 8.56. The molecule has 4 rings (SSSR count). The van der Waals surface area contributed by atoms with Crippen molar-refractivity contribution in [3.63, 3.8) is 0 Å². The van der Waals surface area contributed by atoms with Crippen molar-refractivity contribution in [2.24, 2.45) is 7.05 Å². The van der Waals surface area contributed by atoms with Gasteiger partial charge in [0.15, 0.2) is 0 Å². The molecule has 1 aliphatic carbocycles. The van der Waals surface area contributed by atoms with Gasteiger partial charge in [-0.1, -0.05) is 43.2 Å². The van der Waals surface area contributed by atoms with Crippen molar-refractivity contribution in [3.8, 4) is 6.07 Å². The highest BCUT2D eigenvalue weighted by Crippen LogP contribution is 2.39. The summed E-state index contributed by atoms with van der Waals surface area (Å²) < 4.78 is 2.17. The summed E-state index contributed by atoms with van der Waals surface area (Å²) >= 11 is 6.90. The lowest BCUT2D eigenvalue weighted by atomic mass is 9.94. The van der Waals surface area contributed by atoms with Crippen molar-refractivity contribution in [1.82, 2.24) is 9.47 Å². The highest BCUT2D eigenvalue weighted by molar-refractivity contribution is 8.26. The molecule has 6 nitrogen and oxygen atoms in total. The van der Waals surface area contributed by atoms with Crippen molar-refractivity contribution in [3.05, 3.63) is 31.9 Å². The number of thioether (sulfide) groups is 1. The Bertz CT molecular complexity index is 1030. The SMILES string of the molecule is Cc1c(C=C2SC(=S)N(C3CCCCC3)C2=O)c(N2CCCC2)n(C)c(=O)c1C#N. The summed E-state index contributed by atoms with van der Waals surface area (Å²) in [4.78, 5) is 30.6. The molecule has 2 saturated heterocycles. The minimum Gasteiger partial charge on any atom is -0.357 e. The molecule has 1 aromatic heterocycles. The lowest BCUT2D eigenvalue weighted by molar-refractivity contribution is -0.124. The Hall–Kier alpha value is -2.11. The quantitative estimate of drug-likeness (QED) is 0.525. The van der Waals surface area contributed by atoms with Gasteiger partial charge in [-0.05, 0) is 44.2 Å². The van der Waals surface area contributed by atoms with Crippen LogP contribution in [0.1, 0.15) is 61.6 Å². The maximum Gasteiger partial charge on any atom is 0.270 e. The number of amides is 1. The van der Waals surface area contributed by atoms with Crippen LogP contribution in [-0.4, -0.2) is 38.8 Å². The molecule has 0 aromatic carbocycles. The number of pyridine rings is 1. The zero-order chi connectivity index (χ0) is 21.4. The smallest absolute Gasteiger partial charge is 0.270 e. The number of thiocarbonyl (C=S) groups is 1. The number of nitriles is 1. The highest BCUT2D eigenvalue weighted by Gasteiger charge is 2.38. The first kappa shape index (κ1) is 21.1. The lowest BCUT2D eigenvalue weighted by Crippen LogP contribution is -2.39. The molecule has 0 spiro atoms. The maximum atomic E-state index is 13.3. The Kier molecular flexibility index (Phi) is 6.03. The number of anilines is 1. The van der Waals surface area contributed by atoms with Gasteiger partial charge in [-0.25, -0.2) is 0 Å². The predicted molar refractivity (Wildman–Crippen MR) is 124 cm³/mol. The van der Waals surface area contributed by atoms with Gasteiger partial charge in [-0.3, -0.25) is 19.1 Å². The molecule has 1 aromatic rings. The summed E-state index contributed by atoms with van der Waals surface area (Å²) in [6.07, 6.45) is 9.45. The fraction of sp³-hybridized carbons (Fsp3) is 0.545. The molecular formula is C22H26N4O2S2. The molecular weight excluding hydrogens is 416 g/mol. The highest BCUT2D eigenvalue weighted by atomic mass is 32.2. The van der Waals surface area contributed by atoms with E-state index in [1.54, 1.807) is 23.4 Å². The molecule has 3 fully saturated rings. The second-order valence-electron chi connectivity index (χ2n) is 8.25. The number of hydrogen-bond donors (Lipinski definition) is 0. The molecule has 2 aliphatic heterocycles. The normalized spacial score (nSPS) is 21.7. The minimum absolute atomic E-state index is 0.0453. The summed E-state index contributed by atoms with van der Waals surface area (Å²) in [6.45, 7) is 3.53. The average Bonchev–Trinajstić information content (AvgIpc) is 3.36. The zero-order valence-electron chi connectivity index (χ0n) is 17.4. The van der Waals surface area contributed by atoms with Gasteiger partial charge in [0.25, 0.3) is 11.5 Å². The van der Waals surface area contributed by atoms with Crippen LogP contribution in [0.3, 0.4) is 0 Å². The van der Waals surface area contributed by atoms with E-state index in [4.69, 9.17) is 12.2 Å². The number of rotatable bonds is 3. The van der Waals surface area contributed by atoms with Crippen LogP contribution >= 0.6 is 24.0 Å². The maximum absolute atomic E-state index is 13.3. The number of carbonyl (C=O) groups is 1. The van der Waals surface area contributed by atoms with E-state index < -0.39 is 0 Å². The Balaban J connectivity index is 1.80. The molecule has 1 amide bonds. The topological polar surface area (TPSA) is 69.3 Å². The van der Waals surface area contributed by atoms with Gasteiger partial charge in [0.2, 0.25) is 0 Å². The first-order chi connectivity index (χ1) is 14.4. The Morgan fingerprint density at radius 2 is 1.80 bits per heavy atom. The minimum atomic E-state index is -0.288. The molecule has 3 aliphatic rings. The number of carbonyl (C=O) groups excluding carboxylic acids is 1. The van der Waals surface area contributed by atoms with Gasteiger partial charge in [-0.2, -0.15) is 5.26 Å². The molecule has 0 N–H and O–H groups in total. The molecule has 8 heteroatoms. The number of hydrogen-bond acceptors (Lipinski definition) is 6. The molecule has 0 atom stereocenters. The van der Waals surface area contributed by atoms with E-state index >= 15 is 0 Å². The van der Waals surface area contributed by atoms with Crippen LogP contribution in [0.25, 0.3) is 6.08 Å². The largest absolute Gasteiger partial charge is 0.357 e. The van der Waals surface area contributed by atoms with Crippen LogP contribution in [0.15, 0.2) is 9.70 Å². The molecule has 3 heterocycles. The predicted octanol–water partition coefficient (Wildman–Crippen LogP) is 3.70. The van der Waals surface area contributed by atoms with E-state index in [-0.39, 0.29) is 23.1 Å². The van der Waals surface area contributed by atoms with E-state index in [0.717, 1.165) is 63.0 Å². The van der Waals surface area contributed by atoms with Crippen molar-refractivity contribution >= 4 is 46.1 Å². The van der Waals surface area contributed by atoms with Crippen molar-refractivity contribution in [1.29, 1.82) is 5.26 Å². The molecule has 0 bridgehead atoms. The van der Waals surface area contributed by atoms with Crippen LogP contribution in [0.5, 0.6) is 0 Å². The summed E-state index contributed by atoms with van der Waals surface area (Å²) in [5.41, 5.74) is 1.25. The van der Waals surface area contributed by atoms with Crippen LogP contribution in [0.4, 0.5) is 5.82 Å². The van der Waals surface area contributed by atoms with Gasteiger partial charge >= 0.3 is 0 Å². The van der Waals surface area contributed by atoms with Crippen LogP contribution < -0.4 is 10.5 Å². The van der Waals surface area contributed by atoms with Crippen LogP contribution in [0.2, 0.25) is 0 Å². The first-order valence-corrected chi connectivity index (χ1v) is 11.8. The zero-order valence-corrected chi connectivity index (χ0v) is 19.1. The summed E-state index contributed by atoms with van der Waals surface area (Å²) in [7, 11) is 1.71. The molecule has 158 valence electrons. The van der Waals surface area contributed by atoms with Gasteiger partial charge in [0.1, 0.15) is 21.8 Å². The average molecular weight is 443 g/mol. The monoisotopic (exact) mass is 442 g/mol. The summed E-state index contributed by atoms with van der Waals surface area (Å²) in [5.74, 6) is 0.743. The molecule has 0 unspecified atom stereocenters. The van der Waals surface area contributed by atoms with Crippen molar-refractivity contribution < 1.29 is 4.79 Å². The molecule has 0 radical (unpaired) electrons. The van der Waals surface area contributed by atoms with E-state index in [9.17, 15) is 14.9 Å². The molecule has 1 saturated carbocycles. The summed E-state index contributed by atoms with van der Waals surface area (Å²) in [6, 6.07) is 2.25. The van der Waals surface area contributed by atoms with Gasteiger partial charge in [0.05, 0.1) is 4.91 Å². The van der Waals surface area contributed by atoms with E-state index in [1.165, 1.54) is 18.2 Å². The van der Waals surface area contributed by atoms with Crippen LogP contribution in [0, 0.1) is 18.3 Å². The van der Waals surface area contributed by atoms with Gasteiger partial charge < -0.3 is 4.90 Å². The Morgan fingerprint density at radius 3 is 2.43 bits per heavy atom. The fourth-order valence-electron chi connectivity index (χ4n) is 4.79. The van der Waals surface area contributed by atoms with Crippen molar-refractivity contribution in [2.45, 2.75) is 57.9 Å². The number of nitrogens with zero attached hydrogens (tertiary/aromatic N) is 4. The third-order valence-electron chi connectivity index (χ3n) is 6.41. The third-order valence-corrected chi connectivity index (χ3v) is 7.74. The second-order valence-corrected chi connectivity index (χ2v) is 9.93. The lowest BCUT2D eigenvalue weighted by Gasteiger charge is -2.29. The van der Waals surface area contributed by atoms with E-state index in [2.05, 4.69) is 11.0 Å². The van der Waals surface area contributed by atoms with Crippen molar-refractivity contribution in [2.75, 3.05) is 18.0 Å². The van der Waals surface area contributed by atoms with Gasteiger partial charge in [0, 0.05) is 31.7 Å². The van der Waals surface area contributed by atoms with Crippen LogP contribution in [-0.2, 0) is 11.8 Å². The van der Waals surface area contributed by atoms with E-state index in [0.29, 0.717) is 14.8 Å². The summed E-state index contributed by atoms with van der Waals surface area (Å²) in [5, 5.41) is 9.57. The fourth-order valence-corrected chi connectivity index (χ4v) is 6.17. The number of aromatic nitrogens is 1. The molecule has 30 heavy (non-hydrogen) atoms. The third kappa shape index (κ3) is 3.58. The Morgan fingerprint density at radius 1 is 1.13 bits per heavy atom. The standard InChI is InChI=1S/C22H26N4O2S2/c1-14-16(19(25-10-6-7-11-25)24(2)20(27)17(14)13-23)12-18-21(28)26(22(29)30-18)15-8-4-3-5-9-15/h12,15H,3-11H2,1-2H3. The van der Waals surface area contributed by atoms with Gasteiger partial charge in [-0.15, -0.1) is 0 Å².